The van der Waals surface area contributed by atoms with Gasteiger partial charge in [-0.05, 0) is 43.5 Å². The highest BCUT2D eigenvalue weighted by Crippen LogP contribution is 2.23. The van der Waals surface area contributed by atoms with Crippen LogP contribution in [-0.4, -0.2) is 48.7 Å². The van der Waals surface area contributed by atoms with Crippen LogP contribution < -0.4 is 10.6 Å². The van der Waals surface area contributed by atoms with Gasteiger partial charge in [0.1, 0.15) is 6.04 Å². The zero-order valence-corrected chi connectivity index (χ0v) is 17.6. The van der Waals surface area contributed by atoms with Gasteiger partial charge in [-0.15, -0.1) is 0 Å². The van der Waals surface area contributed by atoms with E-state index in [0.29, 0.717) is 25.9 Å². The fraction of sp³-hybridized carbons (Fsp3) is 0.381. The van der Waals surface area contributed by atoms with Crippen molar-refractivity contribution in [3.8, 4) is 0 Å². The second-order valence-corrected chi connectivity index (χ2v) is 9.26. The number of carbonyl (C=O) groups excluding carboxylic acids is 2. The van der Waals surface area contributed by atoms with Crippen LogP contribution in [0.5, 0.6) is 0 Å². The summed E-state index contributed by atoms with van der Waals surface area (Å²) in [5, 5.41) is 5.47. The van der Waals surface area contributed by atoms with Crippen molar-refractivity contribution in [2.24, 2.45) is 5.92 Å². The molecule has 0 radical (unpaired) electrons. The summed E-state index contributed by atoms with van der Waals surface area (Å²) in [7, 11) is -3.64. The topological polar surface area (TPSA) is 108 Å². The van der Waals surface area contributed by atoms with Gasteiger partial charge < -0.3 is 10.6 Å². The van der Waals surface area contributed by atoms with Crippen molar-refractivity contribution in [3.63, 3.8) is 0 Å². The summed E-state index contributed by atoms with van der Waals surface area (Å²) in [5.74, 6) is -1.12. The lowest BCUT2D eigenvalue weighted by Gasteiger charge is -2.31. The van der Waals surface area contributed by atoms with Crippen LogP contribution in [0.2, 0.25) is 0 Å². The van der Waals surface area contributed by atoms with E-state index in [2.05, 4.69) is 15.6 Å². The number of amides is 2. The normalized spacial score (nSPS) is 18.4. The van der Waals surface area contributed by atoms with Gasteiger partial charge >= 0.3 is 0 Å². The second kappa shape index (κ2) is 9.82. The molecule has 0 saturated carbocycles. The van der Waals surface area contributed by atoms with E-state index in [-0.39, 0.29) is 23.3 Å². The van der Waals surface area contributed by atoms with Gasteiger partial charge in [-0.25, -0.2) is 8.42 Å². The van der Waals surface area contributed by atoms with E-state index in [1.54, 1.807) is 55.7 Å². The van der Waals surface area contributed by atoms with Gasteiger partial charge in [0.15, 0.2) is 0 Å². The number of piperidine rings is 1. The number of rotatable bonds is 7. The molecule has 160 valence electrons. The van der Waals surface area contributed by atoms with E-state index < -0.39 is 22.0 Å². The Morgan fingerprint density at radius 1 is 1.20 bits per heavy atom. The van der Waals surface area contributed by atoms with Gasteiger partial charge in [0.25, 0.3) is 0 Å². The Kier molecular flexibility index (Phi) is 7.17. The first-order valence-corrected chi connectivity index (χ1v) is 11.3. The predicted octanol–water partition coefficient (Wildman–Crippen LogP) is 1.30. The third-order valence-electron chi connectivity index (χ3n) is 5.08. The summed E-state index contributed by atoms with van der Waals surface area (Å²) in [6.07, 6.45) is 4.48. The zero-order chi connectivity index (χ0) is 21.6. The molecule has 2 atom stereocenters. The smallest absolute Gasteiger partial charge is 0.243 e. The molecule has 1 saturated heterocycles. The van der Waals surface area contributed by atoms with Gasteiger partial charge in [-0.3, -0.25) is 14.6 Å². The lowest BCUT2D eigenvalue weighted by molar-refractivity contribution is -0.131. The quantitative estimate of drug-likeness (QED) is 0.688. The summed E-state index contributed by atoms with van der Waals surface area (Å²) in [4.78, 5) is 29.2. The standard InChI is InChI=1S/C21H26N4O4S/c1-16(20(26)23-14-17-7-5-11-22-13-17)24-21(27)18-8-6-12-25(15-18)30(28,29)19-9-3-2-4-10-19/h2-5,7,9-11,13,16,18H,6,8,12,14-15H2,1H3,(H,23,26)(H,24,27)/t16-,18?/m1/s1. The Bertz CT molecular complexity index is 967. The van der Waals surface area contributed by atoms with Gasteiger partial charge in [-0.1, -0.05) is 24.3 Å². The number of pyridine rings is 1. The molecule has 2 N–H and O–H groups in total. The van der Waals surface area contributed by atoms with E-state index in [0.717, 1.165) is 5.56 Å². The largest absolute Gasteiger partial charge is 0.350 e. The van der Waals surface area contributed by atoms with Crippen LogP contribution in [0.25, 0.3) is 0 Å². The molecule has 8 nitrogen and oxygen atoms in total. The maximum Gasteiger partial charge on any atom is 0.243 e. The Morgan fingerprint density at radius 2 is 1.97 bits per heavy atom. The van der Waals surface area contributed by atoms with E-state index >= 15 is 0 Å². The molecule has 1 aromatic heterocycles. The molecule has 30 heavy (non-hydrogen) atoms. The number of carbonyl (C=O) groups is 2. The van der Waals surface area contributed by atoms with Crippen molar-refractivity contribution in [3.05, 3.63) is 60.4 Å². The molecule has 1 aliphatic rings. The fourth-order valence-electron chi connectivity index (χ4n) is 3.36. The minimum absolute atomic E-state index is 0.104. The molecule has 2 amide bonds. The van der Waals surface area contributed by atoms with Gasteiger partial charge in [0.05, 0.1) is 10.8 Å². The van der Waals surface area contributed by atoms with Crippen LogP contribution in [0.4, 0.5) is 0 Å². The van der Waals surface area contributed by atoms with Crippen molar-refractivity contribution in [2.45, 2.75) is 37.2 Å². The van der Waals surface area contributed by atoms with Crippen LogP contribution in [0.15, 0.2) is 59.8 Å². The molecule has 0 spiro atoms. The van der Waals surface area contributed by atoms with Crippen LogP contribution in [-0.2, 0) is 26.2 Å². The Labute approximate surface area is 176 Å². The number of nitrogens with one attached hydrogen (secondary N) is 2. The van der Waals surface area contributed by atoms with Crippen LogP contribution in [0, 0.1) is 5.92 Å². The molecule has 3 rings (SSSR count). The lowest BCUT2D eigenvalue weighted by Crippen LogP contribution is -2.50. The van der Waals surface area contributed by atoms with Gasteiger partial charge in [0, 0.05) is 32.0 Å². The van der Waals surface area contributed by atoms with Crippen molar-refractivity contribution in [1.29, 1.82) is 0 Å². The average molecular weight is 431 g/mol. The molecule has 1 unspecified atom stereocenters. The minimum Gasteiger partial charge on any atom is -0.350 e. The third kappa shape index (κ3) is 5.43. The SMILES string of the molecule is C[C@@H](NC(=O)C1CCCN(S(=O)(=O)c2ccccc2)C1)C(=O)NCc1cccnc1. The molecule has 1 aromatic carbocycles. The number of sulfonamides is 1. The summed E-state index contributed by atoms with van der Waals surface area (Å²) in [6.45, 7) is 2.41. The molecule has 9 heteroatoms. The first-order chi connectivity index (χ1) is 14.4. The monoisotopic (exact) mass is 430 g/mol. The maximum absolute atomic E-state index is 12.8. The predicted molar refractivity (Wildman–Crippen MR) is 112 cm³/mol. The molecule has 2 aromatic rings. The number of benzene rings is 1. The average Bonchev–Trinajstić information content (AvgIpc) is 2.78. The van der Waals surface area contributed by atoms with Crippen LogP contribution in [0.3, 0.4) is 0 Å². The van der Waals surface area contributed by atoms with Crippen molar-refractivity contribution >= 4 is 21.8 Å². The second-order valence-electron chi connectivity index (χ2n) is 7.32. The van der Waals surface area contributed by atoms with Crippen molar-refractivity contribution in [1.82, 2.24) is 19.9 Å². The highest BCUT2D eigenvalue weighted by atomic mass is 32.2. The summed E-state index contributed by atoms with van der Waals surface area (Å²) >= 11 is 0. The molecular formula is C21H26N4O4S. The zero-order valence-electron chi connectivity index (χ0n) is 16.8. The van der Waals surface area contributed by atoms with Crippen LogP contribution >= 0.6 is 0 Å². The number of hydrogen-bond donors (Lipinski definition) is 2. The van der Waals surface area contributed by atoms with E-state index in [1.807, 2.05) is 6.07 Å². The Balaban J connectivity index is 1.55. The number of aromatic nitrogens is 1. The molecule has 2 heterocycles. The van der Waals surface area contributed by atoms with E-state index in [9.17, 15) is 18.0 Å². The molecule has 0 aliphatic carbocycles. The number of nitrogens with zero attached hydrogens (tertiary/aromatic N) is 2. The highest BCUT2D eigenvalue weighted by Gasteiger charge is 2.34. The van der Waals surface area contributed by atoms with Crippen molar-refractivity contribution < 1.29 is 18.0 Å². The lowest BCUT2D eigenvalue weighted by atomic mass is 9.98. The molecule has 1 fully saturated rings. The minimum atomic E-state index is -3.64. The Hall–Kier alpha value is -2.78. The van der Waals surface area contributed by atoms with Gasteiger partial charge in [0.2, 0.25) is 21.8 Å². The summed E-state index contributed by atoms with van der Waals surface area (Å²) in [5.41, 5.74) is 0.860. The fourth-order valence-corrected chi connectivity index (χ4v) is 4.90. The maximum atomic E-state index is 12.8. The molecule has 1 aliphatic heterocycles. The first kappa shape index (κ1) is 21.9. The van der Waals surface area contributed by atoms with Crippen molar-refractivity contribution in [2.75, 3.05) is 13.1 Å². The highest BCUT2D eigenvalue weighted by molar-refractivity contribution is 7.89. The van der Waals surface area contributed by atoms with E-state index in [1.165, 1.54) is 4.31 Å². The molecule has 0 bridgehead atoms. The number of hydrogen-bond acceptors (Lipinski definition) is 5. The van der Waals surface area contributed by atoms with Crippen LogP contribution in [0.1, 0.15) is 25.3 Å². The first-order valence-electron chi connectivity index (χ1n) is 9.90. The van der Waals surface area contributed by atoms with Gasteiger partial charge in [-0.2, -0.15) is 4.31 Å². The van der Waals surface area contributed by atoms with E-state index in [4.69, 9.17) is 0 Å². The summed E-state index contributed by atoms with van der Waals surface area (Å²) in [6, 6.07) is 11.1. The third-order valence-corrected chi connectivity index (χ3v) is 6.96. The Morgan fingerprint density at radius 3 is 2.67 bits per heavy atom. The molecular weight excluding hydrogens is 404 g/mol. The summed E-state index contributed by atoms with van der Waals surface area (Å²) < 4.78 is 27.0.